The Hall–Kier alpha value is -3.04. The number of nitrogens with zero attached hydrogens (tertiary/aromatic N) is 6. The molecule has 0 aliphatic heterocycles. The van der Waals surface area contributed by atoms with Crippen LogP contribution < -0.4 is 5.32 Å². The Morgan fingerprint density at radius 1 is 1.28 bits per heavy atom. The first-order chi connectivity index (χ1) is 13.9. The first-order valence-corrected chi connectivity index (χ1v) is 9.64. The van der Waals surface area contributed by atoms with Gasteiger partial charge >= 0.3 is 0 Å². The molecule has 0 saturated heterocycles. The number of alkyl halides is 2. The molecule has 1 fully saturated rings. The fraction of sp³-hybridized carbons (Fsp3) is 0.474. The molecule has 1 aliphatic rings. The molecular formula is C19H23F2N7O. The van der Waals surface area contributed by atoms with Crippen LogP contribution in [-0.2, 0) is 24.4 Å². The lowest BCUT2D eigenvalue weighted by molar-refractivity contribution is -0.117. The Labute approximate surface area is 166 Å². The second-order valence-electron chi connectivity index (χ2n) is 7.27. The standard InChI is InChI=1S/C19H23F2N7O/c1-3-27-12(2)14(7-23-27)9-26-10-15(8-22-26)24-18(29)11-28-17(19(20)21)6-16(25-28)13-4-5-13/h6-8,10,13,19H,3-5,9,11H2,1-2H3,(H,24,29). The summed E-state index contributed by atoms with van der Waals surface area (Å²) in [4.78, 5) is 12.3. The predicted molar refractivity (Wildman–Crippen MR) is 102 cm³/mol. The highest BCUT2D eigenvalue weighted by molar-refractivity contribution is 5.90. The van der Waals surface area contributed by atoms with E-state index in [-0.39, 0.29) is 18.2 Å². The van der Waals surface area contributed by atoms with E-state index in [0.717, 1.165) is 35.3 Å². The van der Waals surface area contributed by atoms with E-state index in [9.17, 15) is 13.6 Å². The van der Waals surface area contributed by atoms with Crippen molar-refractivity contribution in [1.82, 2.24) is 29.3 Å². The minimum atomic E-state index is -2.67. The molecule has 3 aromatic rings. The van der Waals surface area contributed by atoms with Crippen LogP contribution in [0.4, 0.5) is 14.5 Å². The molecule has 3 aromatic heterocycles. The third kappa shape index (κ3) is 4.20. The highest BCUT2D eigenvalue weighted by atomic mass is 19.3. The Kier molecular flexibility index (Phi) is 5.16. The number of halogens is 2. The van der Waals surface area contributed by atoms with Crippen LogP contribution in [0.15, 0.2) is 24.7 Å². The molecule has 3 heterocycles. The smallest absolute Gasteiger partial charge is 0.280 e. The molecule has 29 heavy (non-hydrogen) atoms. The molecule has 0 bridgehead atoms. The van der Waals surface area contributed by atoms with E-state index < -0.39 is 12.3 Å². The number of aromatic nitrogens is 6. The van der Waals surface area contributed by atoms with E-state index in [2.05, 4.69) is 20.6 Å². The van der Waals surface area contributed by atoms with Gasteiger partial charge in [-0.3, -0.25) is 18.8 Å². The van der Waals surface area contributed by atoms with Gasteiger partial charge in [0, 0.05) is 29.9 Å². The summed E-state index contributed by atoms with van der Waals surface area (Å²) in [6.07, 6.45) is 4.29. The summed E-state index contributed by atoms with van der Waals surface area (Å²) in [5, 5.41) is 15.5. The summed E-state index contributed by atoms with van der Waals surface area (Å²) in [6, 6.07) is 1.41. The molecule has 1 saturated carbocycles. The normalized spacial score (nSPS) is 14.0. The molecule has 1 amide bonds. The zero-order valence-electron chi connectivity index (χ0n) is 16.3. The zero-order chi connectivity index (χ0) is 20.5. The maximum Gasteiger partial charge on any atom is 0.280 e. The molecule has 4 rings (SSSR count). The third-order valence-corrected chi connectivity index (χ3v) is 5.10. The third-order valence-electron chi connectivity index (χ3n) is 5.10. The quantitative estimate of drug-likeness (QED) is 0.627. The lowest BCUT2D eigenvalue weighted by Crippen LogP contribution is -2.21. The van der Waals surface area contributed by atoms with Crippen molar-refractivity contribution >= 4 is 11.6 Å². The highest BCUT2D eigenvalue weighted by Gasteiger charge is 2.29. The molecule has 10 heteroatoms. The van der Waals surface area contributed by atoms with Crippen LogP contribution in [-0.4, -0.2) is 35.2 Å². The van der Waals surface area contributed by atoms with E-state index in [4.69, 9.17) is 0 Å². The van der Waals surface area contributed by atoms with E-state index >= 15 is 0 Å². The van der Waals surface area contributed by atoms with E-state index in [1.54, 1.807) is 17.1 Å². The van der Waals surface area contributed by atoms with Gasteiger partial charge in [-0.05, 0) is 32.8 Å². The van der Waals surface area contributed by atoms with Gasteiger partial charge in [0.1, 0.15) is 12.2 Å². The molecule has 0 atom stereocenters. The van der Waals surface area contributed by atoms with E-state index in [0.29, 0.717) is 17.9 Å². The van der Waals surface area contributed by atoms with Gasteiger partial charge in [0.25, 0.3) is 6.43 Å². The van der Waals surface area contributed by atoms with Gasteiger partial charge in [-0.15, -0.1) is 0 Å². The van der Waals surface area contributed by atoms with Crippen LogP contribution in [0.1, 0.15) is 54.8 Å². The Balaban J connectivity index is 1.40. The Morgan fingerprint density at radius 2 is 2.07 bits per heavy atom. The van der Waals surface area contributed by atoms with Gasteiger partial charge in [-0.25, -0.2) is 8.78 Å². The second kappa shape index (κ2) is 7.76. The summed E-state index contributed by atoms with van der Waals surface area (Å²) in [5.41, 5.74) is 3.03. The molecular weight excluding hydrogens is 380 g/mol. The highest BCUT2D eigenvalue weighted by Crippen LogP contribution is 2.40. The van der Waals surface area contributed by atoms with Crippen LogP contribution in [0.5, 0.6) is 0 Å². The number of hydrogen-bond donors (Lipinski definition) is 1. The minimum absolute atomic E-state index is 0.221. The summed E-state index contributed by atoms with van der Waals surface area (Å²) < 4.78 is 31.2. The average Bonchev–Trinajstić information content (AvgIpc) is 3.15. The summed E-state index contributed by atoms with van der Waals surface area (Å²) in [6.45, 7) is 5.08. The summed E-state index contributed by atoms with van der Waals surface area (Å²) in [7, 11) is 0. The van der Waals surface area contributed by atoms with Crippen molar-refractivity contribution in [1.29, 1.82) is 0 Å². The molecule has 8 nitrogen and oxygen atoms in total. The van der Waals surface area contributed by atoms with Crippen molar-refractivity contribution in [2.24, 2.45) is 0 Å². The molecule has 0 spiro atoms. The summed E-state index contributed by atoms with van der Waals surface area (Å²) in [5.74, 6) is -0.178. The minimum Gasteiger partial charge on any atom is -0.322 e. The fourth-order valence-electron chi connectivity index (χ4n) is 3.32. The van der Waals surface area contributed by atoms with Gasteiger partial charge in [0.15, 0.2) is 0 Å². The predicted octanol–water partition coefficient (Wildman–Crippen LogP) is 3.11. The topological polar surface area (TPSA) is 82.6 Å². The SMILES string of the molecule is CCn1ncc(Cn2cc(NC(=O)Cn3nc(C4CC4)cc3C(F)F)cn2)c1C. The molecule has 1 aliphatic carbocycles. The lowest BCUT2D eigenvalue weighted by Gasteiger charge is -2.06. The average molecular weight is 403 g/mol. The lowest BCUT2D eigenvalue weighted by atomic mass is 10.2. The van der Waals surface area contributed by atoms with Crippen molar-refractivity contribution < 1.29 is 13.6 Å². The summed E-state index contributed by atoms with van der Waals surface area (Å²) >= 11 is 0. The van der Waals surface area contributed by atoms with Crippen LogP contribution in [0.25, 0.3) is 0 Å². The van der Waals surface area contributed by atoms with Gasteiger partial charge in [-0.2, -0.15) is 15.3 Å². The van der Waals surface area contributed by atoms with Crippen LogP contribution in [0.2, 0.25) is 0 Å². The van der Waals surface area contributed by atoms with Crippen molar-refractivity contribution in [2.45, 2.75) is 58.7 Å². The monoisotopic (exact) mass is 403 g/mol. The molecule has 0 radical (unpaired) electrons. The Bertz CT molecular complexity index is 1020. The van der Waals surface area contributed by atoms with Gasteiger partial charge in [-0.1, -0.05) is 0 Å². The number of nitrogens with one attached hydrogen (secondary N) is 1. The van der Waals surface area contributed by atoms with Gasteiger partial charge in [0.05, 0.1) is 30.3 Å². The first kappa shape index (κ1) is 19.3. The number of rotatable bonds is 8. The van der Waals surface area contributed by atoms with E-state index in [1.807, 2.05) is 18.5 Å². The fourth-order valence-corrected chi connectivity index (χ4v) is 3.32. The van der Waals surface area contributed by atoms with Crippen LogP contribution >= 0.6 is 0 Å². The van der Waals surface area contributed by atoms with Crippen molar-refractivity contribution in [3.63, 3.8) is 0 Å². The maximum atomic E-state index is 13.3. The van der Waals surface area contributed by atoms with Crippen molar-refractivity contribution in [2.75, 3.05) is 5.32 Å². The largest absolute Gasteiger partial charge is 0.322 e. The number of carbonyl (C=O) groups excluding carboxylic acids is 1. The van der Waals surface area contributed by atoms with Gasteiger partial charge in [0.2, 0.25) is 5.91 Å². The number of carbonyl (C=O) groups is 1. The Morgan fingerprint density at radius 3 is 2.72 bits per heavy atom. The van der Waals surface area contributed by atoms with Crippen LogP contribution in [0.3, 0.4) is 0 Å². The molecule has 0 aromatic carbocycles. The number of aryl methyl sites for hydroxylation is 1. The number of anilines is 1. The number of amides is 1. The molecule has 0 unspecified atom stereocenters. The van der Waals surface area contributed by atoms with Crippen molar-refractivity contribution in [3.05, 3.63) is 47.3 Å². The first-order valence-electron chi connectivity index (χ1n) is 9.64. The van der Waals surface area contributed by atoms with Crippen LogP contribution in [0, 0.1) is 6.92 Å². The van der Waals surface area contributed by atoms with Gasteiger partial charge < -0.3 is 5.32 Å². The number of hydrogen-bond acceptors (Lipinski definition) is 4. The van der Waals surface area contributed by atoms with E-state index in [1.165, 1.54) is 12.3 Å². The van der Waals surface area contributed by atoms with Crippen molar-refractivity contribution in [3.8, 4) is 0 Å². The second-order valence-corrected chi connectivity index (χ2v) is 7.27. The zero-order valence-corrected chi connectivity index (χ0v) is 16.3. The maximum absolute atomic E-state index is 13.3. The molecule has 1 N–H and O–H groups in total. The molecule has 154 valence electrons.